The third-order valence-electron chi connectivity index (χ3n) is 6.85. The second-order valence-corrected chi connectivity index (χ2v) is 13.0. The van der Waals surface area contributed by atoms with Crippen LogP contribution < -0.4 is 5.32 Å². The molecule has 0 fully saturated rings. The first kappa shape index (κ1) is 39.4. The van der Waals surface area contributed by atoms with Crippen molar-refractivity contribution < 1.29 is 62.2 Å². The van der Waals surface area contributed by atoms with Crippen molar-refractivity contribution in [3.8, 4) is 6.07 Å². The van der Waals surface area contributed by atoms with E-state index in [0.717, 1.165) is 25.0 Å². The van der Waals surface area contributed by atoms with Crippen molar-refractivity contribution in [1.82, 2.24) is 0 Å². The van der Waals surface area contributed by atoms with Gasteiger partial charge in [0.2, 0.25) is 0 Å². The topological polar surface area (TPSA) is 107 Å². The highest BCUT2D eigenvalue weighted by molar-refractivity contribution is 7.91. The van der Waals surface area contributed by atoms with Gasteiger partial charge >= 0.3 is 24.2 Å². The number of carbonyl (C=O) groups excluding carboxylic acids is 1. The van der Waals surface area contributed by atoms with Crippen LogP contribution in [0.2, 0.25) is 0 Å². The van der Waals surface area contributed by atoms with E-state index in [-0.39, 0.29) is 18.5 Å². The van der Waals surface area contributed by atoms with E-state index >= 15 is 0 Å². The second kappa shape index (κ2) is 15.6. The number of nitriles is 1. The first-order valence-corrected chi connectivity index (χ1v) is 15.5. The highest BCUT2D eigenvalue weighted by Crippen LogP contribution is 2.48. The molecule has 1 rings (SSSR count). The van der Waals surface area contributed by atoms with E-state index in [9.17, 15) is 62.2 Å². The standard InChI is InChI=1S/C27H34F10N2O4S/c1-23(41,22(40)39-20-12-11-19(18-38)21(17-20)25(30,31)32)13-9-7-5-3-2-4-6-8-10-15-44(42,43)16-14-24(28,29)26(33,34)27(35,36)37/h11-12,17,41H,2-10,13-16H2,1H3,(H,39,40)/t23-/m0/s1. The Morgan fingerprint density at radius 1 is 0.818 bits per heavy atom. The summed E-state index contributed by atoms with van der Waals surface area (Å²) >= 11 is 0. The Morgan fingerprint density at radius 3 is 1.80 bits per heavy atom. The third kappa shape index (κ3) is 12.1. The Labute approximate surface area is 248 Å². The molecule has 0 aliphatic rings. The van der Waals surface area contributed by atoms with Crippen LogP contribution in [-0.2, 0) is 20.8 Å². The Kier molecular flexibility index (Phi) is 14.0. The van der Waals surface area contributed by atoms with Crippen LogP contribution in [0, 0.1) is 11.3 Å². The molecule has 0 unspecified atom stereocenters. The molecule has 1 atom stereocenters. The van der Waals surface area contributed by atoms with Crippen molar-refractivity contribution in [3.05, 3.63) is 29.3 Å². The zero-order chi connectivity index (χ0) is 34.0. The van der Waals surface area contributed by atoms with Gasteiger partial charge in [-0.3, -0.25) is 4.79 Å². The molecule has 2 N–H and O–H groups in total. The number of unbranched alkanes of at least 4 members (excludes halogenated alkanes) is 8. The Bertz CT molecular complexity index is 1240. The summed E-state index contributed by atoms with van der Waals surface area (Å²) < 4.78 is 152. The Hall–Kier alpha value is -2.61. The number of carbonyl (C=O) groups is 1. The molecule has 0 bridgehead atoms. The number of amides is 1. The van der Waals surface area contributed by atoms with Gasteiger partial charge < -0.3 is 10.4 Å². The molecule has 0 saturated carbocycles. The number of sulfone groups is 1. The lowest BCUT2D eigenvalue weighted by Gasteiger charge is -2.28. The smallest absolute Gasteiger partial charge is 0.380 e. The van der Waals surface area contributed by atoms with Crippen LogP contribution in [0.4, 0.5) is 49.6 Å². The van der Waals surface area contributed by atoms with Crippen LogP contribution in [0.5, 0.6) is 0 Å². The van der Waals surface area contributed by atoms with Gasteiger partial charge in [0.1, 0.15) is 5.60 Å². The molecular formula is C27H34F10N2O4S. The third-order valence-corrected chi connectivity index (χ3v) is 8.59. The summed E-state index contributed by atoms with van der Waals surface area (Å²) in [6.07, 6.45) is -8.56. The number of aliphatic hydroxyl groups is 1. The van der Waals surface area contributed by atoms with Gasteiger partial charge in [0, 0.05) is 12.1 Å². The summed E-state index contributed by atoms with van der Waals surface area (Å²) in [6.45, 7) is 1.22. The van der Waals surface area contributed by atoms with Gasteiger partial charge in [-0.15, -0.1) is 0 Å². The van der Waals surface area contributed by atoms with Gasteiger partial charge in [0.25, 0.3) is 5.91 Å². The van der Waals surface area contributed by atoms with Gasteiger partial charge in [-0.2, -0.15) is 49.2 Å². The van der Waals surface area contributed by atoms with Crippen molar-refractivity contribution in [3.63, 3.8) is 0 Å². The lowest BCUT2D eigenvalue weighted by Crippen LogP contribution is -2.52. The largest absolute Gasteiger partial charge is 0.459 e. The summed E-state index contributed by atoms with van der Waals surface area (Å²) in [5.41, 5.74) is -3.94. The average molecular weight is 673 g/mol. The normalized spacial score (nSPS) is 14.6. The van der Waals surface area contributed by atoms with Crippen LogP contribution in [0.25, 0.3) is 0 Å². The average Bonchev–Trinajstić information content (AvgIpc) is 2.89. The predicted molar refractivity (Wildman–Crippen MR) is 141 cm³/mol. The highest BCUT2D eigenvalue weighted by atomic mass is 32.2. The molecule has 17 heteroatoms. The molecule has 0 saturated heterocycles. The maximum atomic E-state index is 13.3. The fourth-order valence-corrected chi connectivity index (χ4v) is 5.53. The van der Waals surface area contributed by atoms with E-state index in [4.69, 9.17) is 5.26 Å². The quantitative estimate of drug-likeness (QED) is 0.122. The number of anilines is 1. The number of alkyl halides is 10. The van der Waals surface area contributed by atoms with Gasteiger partial charge in [-0.05, 0) is 38.0 Å². The van der Waals surface area contributed by atoms with Crippen molar-refractivity contribution in [2.75, 3.05) is 16.8 Å². The van der Waals surface area contributed by atoms with Crippen molar-refractivity contribution >= 4 is 21.4 Å². The van der Waals surface area contributed by atoms with E-state index in [2.05, 4.69) is 5.32 Å². The van der Waals surface area contributed by atoms with Crippen LogP contribution in [0.1, 0.15) is 88.7 Å². The maximum absolute atomic E-state index is 13.3. The van der Waals surface area contributed by atoms with Crippen molar-refractivity contribution in [1.29, 1.82) is 5.26 Å². The molecule has 1 amide bonds. The van der Waals surface area contributed by atoms with Crippen molar-refractivity contribution in [2.45, 2.75) is 107 Å². The molecule has 0 aliphatic heterocycles. The molecule has 44 heavy (non-hydrogen) atoms. The minimum Gasteiger partial charge on any atom is -0.380 e. The SMILES string of the molecule is C[C@](O)(CCCCCCCCCCCS(=O)(=O)CCC(F)(F)C(F)(F)C(F)(F)F)C(=O)Nc1ccc(C#N)c(C(F)(F)F)c1. The molecule has 0 aromatic heterocycles. The molecular weight excluding hydrogens is 638 g/mol. The molecule has 0 aliphatic carbocycles. The summed E-state index contributed by atoms with van der Waals surface area (Å²) in [7, 11) is -4.26. The van der Waals surface area contributed by atoms with Crippen LogP contribution in [0.3, 0.4) is 0 Å². The lowest BCUT2D eigenvalue weighted by atomic mass is 9.96. The van der Waals surface area contributed by atoms with Crippen molar-refractivity contribution in [2.24, 2.45) is 0 Å². The predicted octanol–water partition coefficient (Wildman–Crippen LogP) is 7.81. The van der Waals surface area contributed by atoms with Gasteiger partial charge in [0.15, 0.2) is 9.84 Å². The molecule has 0 spiro atoms. The van der Waals surface area contributed by atoms with Gasteiger partial charge in [-0.25, -0.2) is 8.42 Å². The minimum atomic E-state index is -6.51. The molecule has 6 nitrogen and oxygen atoms in total. The molecule has 252 valence electrons. The number of halogens is 10. The zero-order valence-electron chi connectivity index (χ0n) is 23.7. The van der Waals surface area contributed by atoms with E-state index < -0.39 is 74.6 Å². The lowest BCUT2D eigenvalue weighted by molar-refractivity contribution is -0.354. The van der Waals surface area contributed by atoms with E-state index in [0.29, 0.717) is 44.6 Å². The van der Waals surface area contributed by atoms with Gasteiger partial charge in [0.05, 0.1) is 28.7 Å². The number of hydrogen-bond acceptors (Lipinski definition) is 5. The Balaban J connectivity index is 2.28. The van der Waals surface area contributed by atoms with E-state index in [1.165, 1.54) is 13.0 Å². The number of benzene rings is 1. The summed E-state index contributed by atoms with van der Waals surface area (Å²) in [5.74, 6) is -14.9. The summed E-state index contributed by atoms with van der Waals surface area (Å²) in [5, 5.41) is 21.5. The fraction of sp³-hybridized carbons (Fsp3) is 0.704. The summed E-state index contributed by atoms with van der Waals surface area (Å²) in [6, 6.07) is 4.07. The zero-order valence-corrected chi connectivity index (χ0v) is 24.5. The maximum Gasteiger partial charge on any atom is 0.459 e. The van der Waals surface area contributed by atoms with E-state index in [1.54, 1.807) is 0 Å². The monoisotopic (exact) mass is 672 g/mol. The van der Waals surface area contributed by atoms with Gasteiger partial charge in [-0.1, -0.05) is 51.4 Å². The molecule has 1 aromatic rings. The Morgan fingerprint density at radius 2 is 1.32 bits per heavy atom. The fourth-order valence-electron chi connectivity index (χ4n) is 4.11. The first-order chi connectivity index (χ1) is 20.0. The number of nitrogens with zero attached hydrogens (tertiary/aromatic N) is 1. The minimum absolute atomic E-state index is 0.0233. The molecule has 0 heterocycles. The number of rotatable bonds is 18. The number of nitrogens with one attached hydrogen (secondary N) is 1. The number of hydrogen-bond donors (Lipinski definition) is 2. The van der Waals surface area contributed by atoms with E-state index in [1.807, 2.05) is 0 Å². The first-order valence-electron chi connectivity index (χ1n) is 13.6. The highest BCUT2D eigenvalue weighted by Gasteiger charge is 2.72. The van der Waals surface area contributed by atoms with Crippen LogP contribution >= 0.6 is 0 Å². The summed E-state index contributed by atoms with van der Waals surface area (Å²) in [4.78, 5) is 12.4. The molecule has 1 aromatic carbocycles. The van der Waals surface area contributed by atoms with Crippen LogP contribution in [-0.4, -0.2) is 54.6 Å². The molecule has 0 radical (unpaired) electrons. The second-order valence-electron chi connectivity index (χ2n) is 10.7. The van der Waals surface area contributed by atoms with Crippen LogP contribution in [0.15, 0.2) is 18.2 Å².